The summed E-state index contributed by atoms with van der Waals surface area (Å²) in [6.07, 6.45) is 1.29. The molecule has 0 atom stereocenters. The molecule has 0 fully saturated rings. The maximum atomic E-state index is 12.9. The van der Waals surface area contributed by atoms with Crippen molar-refractivity contribution < 1.29 is 19.1 Å². The van der Waals surface area contributed by atoms with Crippen LogP contribution >= 0.6 is 11.3 Å². The number of Topliss-reactive ketones (excluding diaryl/α,β-unsaturated/α-hetero) is 1. The van der Waals surface area contributed by atoms with Gasteiger partial charge in [-0.1, -0.05) is 30.3 Å². The molecule has 3 aromatic rings. The lowest BCUT2D eigenvalue weighted by Crippen LogP contribution is -2.05. The van der Waals surface area contributed by atoms with Crippen molar-refractivity contribution in [1.29, 1.82) is 15.8 Å². The highest BCUT2D eigenvalue weighted by molar-refractivity contribution is 7.14. The van der Waals surface area contributed by atoms with Gasteiger partial charge in [0, 0.05) is 16.9 Å². The summed E-state index contributed by atoms with van der Waals surface area (Å²) in [7, 11) is 0. The second-order valence-corrected chi connectivity index (χ2v) is 8.69. The van der Waals surface area contributed by atoms with Crippen LogP contribution in [0.25, 0.3) is 6.08 Å². The smallest absolute Gasteiger partial charge is 0.348 e. The van der Waals surface area contributed by atoms with Gasteiger partial charge in [-0.05, 0) is 49.2 Å². The Bertz CT molecular complexity index is 1450. The van der Waals surface area contributed by atoms with Crippen molar-refractivity contribution in [2.24, 2.45) is 0 Å². The topological polar surface area (TPSA) is 124 Å². The Morgan fingerprint density at radius 1 is 1.03 bits per heavy atom. The lowest BCUT2D eigenvalue weighted by Gasteiger charge is -2.08. The first-order valence-electron chi connectivity index (χ1n) is 11.0. The zero-order chi connectivity index (χ0) is 26.1. The summed E-state index contributed by atoms with van der Waals surface area (Å²) in [5.41, 5.74) is 2.60. The van der Waals surface area contributed by atoms with Crippen LogP contribution in [-0.2, 0) is 22.6 Å². The second kappa shape index (κ2) is 12.1. The largest absolute Gasteiger partial charge is 0.489 e. The van der Waals surface area contributed by atoms with Gasteiger partial charge < -0.3 is 9.47 Å². The molecule has 2 aromatic carbocycles. The summed E-state index contributed by atoms with van der Waals surface area (Å²) in [5.74, 6) is -0.423. The average Bonchev–Trinajstić information content (AvgIpc) is 3.21. The predicted octanol–water partition coefficient (Wildman–Crippen LogP) is 5.27. The SMILES string of the molecule is CCOC(=O)c1sc(CC(=O)/C(C#N)=C/c2ccc(OCc3ccccc3C#N)cc2)c(C#N)c1C. The molecular weight excluding hydrogens is 474 g/mol. The van der Waals surface area contributed by atoms with E-state index in [1.54, 1.807) is 50.2 Å². The molecule has 0 saturated carbocycles. The van der Waals surface area contributed by atoms with Crippen molar-refractivity contribution >= 4 is 29.2 Å². The Kier molecular flexibility index (Phi) is 8.73. The van der Waals surface area contributed by atoms with Crippen LogP contribution in [0.2, 0.25) is 0 Å². The quantitative estimate of drug-likeness (QED) is 0.225. The first-order chi connectivity index (χ1) is 17.4. The lowest BCUT2D eigenvalue weighted by molar-refractivity contribution is -0.114. The number of hydrogen-bond donors (Lipinski definition) is 0. The van der Waals surface area contributed by atoms with Gasteiger partial charge in [0.2, 0.25) is 0 Å². The predicted molar refractivity (Wildman–Crippen MR) is 134 cm³/mol. The number of carbonyl (C=O) groups excluding carboxylic acids is 2. The Morgan fingerprint density at radius 2 is 1.75 bits per heavy atom. The highest BCUT2D eigenvalue weighted by Crippen LogP contribution is 2.30. The molecule has 3 rings (SSSR count). The van der Waals surface area contributed by atoms with Crippen LogP contribution < -0.4 is 4.74 Å². The molecule has 0 saturated heterocycles. The Hall–Kier alpha value is -4.71. The normalized spacial score (nSPS) is 10.6. The van der Waals surface area contributed by atoms with Crippen molar-refractivity contribution in [3.63, 3.8) is 0 Å². The van der Waals surface area contributed by atoms with Crippen molar-refractivity contribution in [3.8, 4) is 24.0 Å². The van der Waals surface area contributed by atoms with Gasteiger partial charge in [-0.15, -0.1) is 11.3 Å². The molecule has 0 unspecified atom stereocenters. The molecule has 0 bridgehead atoms. The zero-order valence-electron chi connectivity index (χ0n) is 19.7. The molecule has 178 valence electrons. The molecule has 7 nitrogen and oxygen atoms in total. The molecule has 8 heteroatoms. The maximum absolute atomic E-state index is 12.9. The number of ether oxygens (including phenoxy) is 2. The van der Waals surface area contributed by atoms with Crippen LogP contribution in [-0.4, -0.2) is 18.4 Å². The molecule has 0 radical (unpaired) electrons. The number of rotatable bonds is 9. The van der Waals surface area contributed by atoms with Crippen molar-refractivity contribution in [3.05, 3.63) is 91.7 Å². The molecule has 36 heavy (non-hydrogen) atoms. The number of nitrogens with zero attached hydrogens (tertiary/aromatic N) is 3. The third-order valence-electron chi connectivity index (χ3n) is 5.26. The number of benzene rings is 2. The first kappa shape index (κ1) is 25.9. The number of ketones is 1. The van der Waals surface area contributed by atoms with Gasteiger partial charge in [0.1, 0.15) is 29.4 Å². The highest BCUT2D eigenvalue weighted by Gasteiger charge is 2.23. The van der Waals surface area contributed by atoms with Gasteiger partial charge in [-0.3, -0.25) is 4.79 Å². The highest BCUT2D eigenvalue weighted by atomic mass is 32.1. The van der Waals surface area contributed by atoms with E-state index in [2.05, 4.69) is 6.07 Å². The molecule has 0 spiro atoms. The number of thiophene rings is 1. The number of esters is 1. The molecule has 0 aliphatic rings. The molecule has 0 amide bonds. The Labute approximate surface area is 213 Å². The second-order valence-electron chi connectivity index (χ2n) is 7.58. The van der Waals surface area contributed by atoms with E-state index < -0.39 is 11.8 Å². The van der Waals surface area contributed by atoms with Crippen LogP contribution in [0.3, 0.4) is 0 Å². The monoisotopic (exact) mass is 495 g/mol. The lowest BCUT2D eigenvalue weighted by atomic mass is 10.0. The van der Waals surface area contributed by atoms with Gasteiger partial charge in [0.05, 0.1) is 29.4 Å². The fourth-order valence-electron chi connectivity index (χ4n) is 3.39. The fourth-order valence-corrected chi connectivity index (χ4v) is 4.54. The van der Waals surface area contributed by atoms with E-state index in [4.69, 9.17) is 9.47 Å². The van der Waals surface area contributed by atoms with E-state index in [0.717, 1.165) is 16.9 Å². The van der Waals surface area contributed by atoms with Gasteiger partial charge in [0.25, 0.3) is 0 Å². The summed E-state index contributed by atoms with van der Waals surface area (Å²) in [6, 6.07) is 20.1. The third-order valence-corrected chi connectivity index (χ3v) is 6.53. The van der Waals surface area contributed by atoms with Crippen molar-refractivity contribution in [2.75, 3.05) is 6.61 Å². The van der Waals surface area contributed by atoms with Crippen LogP contribution in [0, 0.1) is 40.9 Å². The fraction of sp³-hybridized carbons (Fsp3) is 0.179. The summed E-state index contributed by atoms with van der Waals surface area (Å²) in [6.45, 7) is 3.76. The van der Waals surface area contributed by atoms with Gasteiger partial charge >= 0.3 is 5.97 Å². The minimum absolute atomic E-state index is 0.0701. The van der Waals surface area contributed by atoms with Crippen molar-refractivity contribution in [1.82, 2.24) is 0 Å². The molecular formula is C28H21N3O4S. The van der Waals surface area contributed by atoms with Gasteiger partial charge in [-0.2, -0.15) is 15.8 Å². The van der Waals surface area contributed by atoms with E-state index in [0.29, 0.717) is 27.3 Å². The van der Waals surface area contributed by atoms with Gasteiger partial charge in [-0.25, -0.2) is 4.79 Å². The first-order valence-corrected chi connectivity index (χ1v) is 11.8. The minimum atomic E-state index is -0.537. The van der Waals surface area contributed by atoms with Crippen LogP contribution in [0.15, 0.2) is 54.1 Å². The Morgan fingerprint density at radius 3 is 2.39 bits per heavy atom. The summed E-state index contributed by atoms with van der Waals surface area (Å²) >= 11 is 1.04. The summed E-state index contributed by atoms with van der Waals surface area (Å²) < 4.78 is 10.8. The summed E-state index contributed by atoms with van der Waals surface area (Å²) in [5, 5.41) is 28.3. The van der Waals surface area contributed by atoms with Crippen LogP contribution in [0.4, 0.5) is 0 Å². The maximum Gasteiger partial charge on any atom is 0.348 e. The van der Waals surface area contributed by atoms with Crippen molar-refractivity contribution in [2.45, 2.75) is 26.9 Å². The standard InChI is InChI=1S/C28H21N3O4S/c1-3-34-28(33)27-18(2)24(16-31)26(36-27)13-25(32)22(15-30)12-19-8-10-23(11-9-19)35-17-21-7-5-4-6-20(21)14-29/h4-12H,3,13,17H2,1-2H3/b22-12+. The minimum Gasteiger partial charge on any atom is -0.489 e. The Balaban J connectivity index is 1.73. The van der Waals surface area contributed by atoms with E-state index in [-0.39, 0.29) is 35.6 Å². The van der Waals surface area contributed by atoms with E-state index in [1.807, 2.05) is 24.3 Å². The van der Waals surface area contributed by atoms with Gasteiger partial charge in [0.15, 0.2) is 5.78 Å². The third kappa shape index (κ3) is 6.04. The number of hydrogen-bond acceptors (Lipinski definition) is 8. The average molecular weight is 496 g/mol. The summed E-state index contributed by atoms with van der Waals surface area (Å²) in [4.78, 5) is 25.7. The number of nitriles is 3. The molecule has 0 aliphatic carbocycles. The van der Waals surface area contributed by atoms with Crippen LogP contribution in [0.5, 0.6) is 5.75 Å². The number of carbonyl (C=O) groups is 2. The van der Waals surface area contributed by atoms with E-state index in [1.165, 1.54) is 6.08 Å². The molecule has 0 N–H and O–H groups in total. The molecule has 0 aliphatic heterocycles. The zero-order valence-corrected chi connectivity index (χ0v) is 20.5. The molecule has 1 aromatic heterocycles. The van der Waals surface area contributed by atoms with E-state index >= 15 is 0 Å². The van der Waals surface area contributed by atoms with Crippen LogP contribution in [0.1, 0.15) is 49.3 Å². The van der Waals surface area contributed by atoms with E-state index in [9.17, 15) is 25.4 Å². The molecule has 1 heterocycles. The number of allylic oxidation sites excluding steroid dienone is 1.